The van der Waals surface area contributed by atoms with E-state index in [0.717, 1.165) is 10.9 Å². The third-order valence-corrected chi connectivity index (χ3v) is 2.85. The predicted octanol–water partition coefficient (Wildman–Crippen LogP) is 3.59. The molecular formula is C16H18N2O4. The van der Waals surface area contributed by atoms with E-state index in [2.05, 4.69) is 10.3 Å². The van der Waals surface area contributed by atoms with Gasteiger partial charge < -0.3 is 9.84 Å². The highest BCUT2D eigenvalue weighted by Gasteiger charge is 2.16. The minimum Gasteiger partial charge on any atom is -0.477 e. The van der Waals surface area contributed by atoms with E-state index >= 15 is 0 Å². The Morgan fingerprint density at radius 3 is 2.50 bits per heavy atom. The number of aromatic nitrogens is 1. The molecule has 0 fully saturated rings. The van der Waals surface area contributed by atoms with Crippen molar-refractivity contribution in [1.82, 2.24) is 4.98 Å². The average Bonchev–Trinajstić information content (AvgIpc) is 2.35. The normalized spacial score (nSPS) is 11.3. The smallest absolute Gasteiger partial charge is 0.412 e. The van der Waals surface area contributed by atoms with Crippen molar-refractivity contribution in [3.63, 3.8) is 0 Å². The fourth-order valence-corrected chi connectivity index (χ4v) is 2.03. The van der Waals surface area contributed by atoms with Crippen LogP contribution in [0.1, 0.15) is 36.8 Å². The molecule has 0 radical (unpaired) electrons. The number of rotatable bonds is 2. The molecule has 0 aliphatic rings. The van der Waals surface area contributed by atoms with Crippen LogP contribution in [0.2, 0.25) is 0 Å². The molecule has 0 saturated carbocycles. The lowest BCUT2D eigenvalue weighted by Crippen LogP contribution is -2.27. The number of carbonyl (C=O) groups is 2. The Hall–Kier alpha value is -2.63. The van der Waals surface area contributed by atoms with E-state index in [4.69, 9.17) is 9.84 Å². The largest absolute Gasteiger partial charge is 0.477 e. The molecule has 0 spiro atoms. The van der Waals surface area contributed by atoms with Crippen LogP contribution in [0.3, 0.4) is 0 Å². The van der Waals surface area contributed by atoms with E-state index in [-0.39, 0.29) is 5.69 Å². The number of carbonyl (C=O) groups excluding carboxylic acids is 1. The van der Waals surface area contributed by atoms with Crippen LogP contribution in [0.15, 0.2) is 24.3 Å². The van der Waals surface area contributed by atoms with Gasteiger partial charge in [-0.05, 0) is 51.5 Å². The lowest BCUT2D eigenvalue weighted by atomic mass is 10.1. The van der Waals surface area contributed by atoms with Crippen LogP contribution in [0.25, 0.3) is 10.9 Å². The lowest BCUT2D eigenvalue weighted by Gasteiger charge is -2.20. The highest BCUT2D eigenvalue weighted by atomic mass is 16.6. The van der Waals surface area contributed by atoms with Crippen LogP contribution in [0.4, 0.5) is 10.5 Å². The molecule has 1 heterocycles. The first kappa shape index (κ1) is 15.8. The molecule has 2 aromatic rings. The summed E-state index contributed by atoms with van der Waals surface area (Å²) in [4.78, 5) is 26.9. The number of aromatic carboxylic acids is 1. The van der Waals surface area contributed by atoms with Crippen LogP contribution >= 0.6 is 0 Å². The maximum Gasteiger partial charge on any atom is 0.412 e. The van der Waals surface area contributed by atoms with Gasteiger partial charge in [-0.3, -0.25) is 5.32 Å². The quantitative estimate of drug-likeness (QED) is 0.885. The van der Waals surface area contributed by atoms with Crippen molar-refractivity contribution >= 4 is 28.7 Å². The zero-order chi connectivity index (χ0) is 16.5. The summed E-state index contributed by atoms with van der Waals surface area (Å²) in [5, 5.41) is 12.4. The number of ether oxygens (including phenoxy) is 1. The number of hydrogen-bond acceptors (Lipinski definition) is 4. The Morgan fingerprint density at radius 1 is 1.23 bits per heavy atom. The number of pyridine rings is 1. The summed E-state index contributed by atoms with van der Waals surface area (Å²) in [5.41, 5.74) is 1.35. The molecule has 0 atom stereocenters. The van der Waals surface area contributed by atoms with Gasteiger partial charge in [-0.1, -0.05) is 6.07 Å². The Bertz CT molecular complexity index is 748. The fraction of sp³-hybridized carbons (Fsp3) is 0.312. The van der Waals surface area contributed by atoms with E-state index in [1.165, 1.54) is 6.07 Å². The van der Waals surface area contributed by atoms with E-state index in [0.29, 0.717) is 11.2 Å². The number of fused-ring (bicyclic) bond motifs is 1. The van der Waals surface area contributed by atoms with Crippen molar-refractivity contribution in [3.05, 3.63) is 35.5 Å². The number of anilines is 1. The number of aryl methyl sites for hydroxylation is 1. The van der Waals surface area contributed by atoms with Crippen LogP contribution in [-0.4, -0.2) is 27.8 Å². The maximum absolute atomic E-state index is 11.8. The van der Waals surface area contributed by atoms with Gasteiger partial charge in [0.2, 0.25) is 0 Å². The topological polar surface area (TPSA) is 88.5 Å². The summed E-state index contributed by atoms with van der Waals surface area (Å²) >= 11 is 0. The molecule has 2 rings (SSSR count). The van der Waals surface area contributed by atoms with Gasteiger partial charge in [-0.2, -0.15) is 0 Å². The summed E-state index contributed by atoms with van der Waals surface area (Å²) in [6, 6.07) is 6.55. The van der Waals surface area contributed by atoms with Crippen molar-refractivity contribution in [2.45, 2.75) is 33.3 Å². The van der Waals surface area contributed by atoms with E-state index in [1.807, 2.05) is 0 Å². The van der Waals surface area contributed by atoms with Gasteiger partial charge in [0.1, 0.15) is 11.3 Å². The molecule has 22 heavy (non-hydrogen) atoms. The second-order valence-corrected chi connectivity index (χ2v) is 5.99. The second kappa shape index (κ2) is 5.63. The number of carboxylic acids is 1. The first-order valence-corrected chi connectivity index (χ1v) is 6.80. The first-order chi connectivity index (χ1) is 10.2. The molecule has 0 bridgehead atoms. The van der Waals surface area contributed by atoms with Crippen molar-refractivity contribution in [2.24, 2.45) is 0 Å². The van der Waals surface area contributed by atoms with Gasteiger partial charge in [0, 0.05) is 11.1 Å². The molecule has 6 nitrogen and oxygen atoms in total. The van der Waals surface area contributed by atoms with Crippen molar-refractivity contribution in [1.29, 1.82) is 0 Å². The zero-order valence-electron chi connectivity index (χ0n) is 12.9. The molecular weight excluding hydrogens is 284 g/mol. The number of nitrogens with zero attached hydrogens (tertiary/aromatic N) is 1. The number of amides is 1. The van der Waals surface area contributed by atoms with Gasteiger partial charge in [0.15, 0.2) is 0 Å². The molecule has 116 valence electrons. The molecule has 0 aliphatic carbocycles. The Kier molecular flexibility index (Phi) is 4.03. The summed E-state index contributed by atoms with van der Waals surface area (Å²) < 4.78 is 5.20. The third kappa shape index (κ3) is 3.72. The molecule has 1 aromatic carbocycles. The third-order valence-electron chi connectivity index (χ3n) is 2.85. The minimum absolute atomic E-state index is 0.0107. The molecule has 0 saturated heterocycles. The Labute approximate surface area is 128 Å². The SMILES string of the molecule is Cc1cc(NC(=O)OC(C)(C)C)cc2ccc(C(=O)O)nc12. The highest BCUT2D eigenvalue weighted by Crippen LogP contribution is 2.23. The van der Waals surface area contributed by atoms with Gasteiger partial charge in [0.25, 0.3) is 0 Å². The minimum atomic E-state index is -1.07. The Morgan fingerprint density at radius 2 is 1.91 bits per heavy atom. The summed E-state index contributed by atoms with van der Waals surface area (Å²) in [6.07, 6.45) is -0.540. The highest BCUT2D eigenvalue weighted by molar-refractivity contribution is 5.94. The monoisotopic (exact) mass is 302 g/mol. The van der Waals surface area contributed by atoms with Crippen LogP contribution in [0, 0.1) is 6.92 Å². The molecule has 1 amide bonds. The van der Waals surface area contributed by atoms with Gasteiger partial charge in [0.05, 0.1) is 5.52 Å². The standard InChI is InChI=1S/C16H18N2O4/c1-9-7-11(17-15(21)22-16(2,3)4)8-10-5-6-12(14(19)20)18-13(9)10/h5-8H,1-4H3,(H,17,21)(H,19,20). The van der Waals surface area contributed by atoms with E-state index in [9.17, 15) is 9.59 Å². The van der Waals surface area contributed by atoms with Crippen LogP contribution < -0.4 is 5.32 Å². The van der Waals surface area contributed by atoms with Crippen molar-refractivity contribution in [3.8, 4) is 0 Å². The second-order valence-electron chi connectivity index (χ2n) is 5.99. The average molecular weight is 302 g/mol. The zero-order valence-corrected chi connectivity index (χ0v) is 12.9. The van der Waals surface area contributed by atoms with Crippen molar-refractivity contribution < 1.29 is 19.4 Å². The van der Waals surface area contributed by atoms with Gasteiger partial charge >= 0.3 is 12.1 Å². The summed E-state index contributed by atoms with van der Waals surface area (Å²) in [7, 11) is 0. The van der Waals surface area contributed by atoms with Gasteiger partial charge in [-0.15, -0.1) is 0 Å². The van der Waals surface area contributed by atoms with Crippen molar-refractivity contribution in [2.75, 3.05) is 5.32 Å². The molecule has 2 N–H and O–H groups in total. The molecule has 6 heteroatoms. The summed E-state index contributed by atoms with van der Waals surface area (Å²) in [6.45, 7) is 7.17. The number of carboxylic acid groups (broad SMARTS) is 1. The van der Waals surface area contributed by atoms with E-state index in [1.54, 1.807) is 45.9 Å². The maximum atomic E-state index is 11.8. The number of benzene rings is 1. The molecule has 1 aromatic heterocycles. The number of hydrogen-bond donors (Lipinski definition) is 2. The molecule has 0 unspecified atom stereocenters. The van der Waals surface area contributed by atoms with E-state index < -0.39 is 17.7 Å². The molecule has 0 aliphatic heterocycles. The van der Waals surface area contributed by atoms with Crippen LogP contribution in [-0.2, 0) is 4.74 Å². The first-order valence-electron chi connectivity index (χ1n) is 6.80. The predicted molar refractivity (Wildman–Crippen MR) is 83.3 cm³/mol. The van der Waals surface area contributed by atoms with Crippen LogP contribution in [0.5, 0.6) is 0 Å². The Balaban J connectivity index is 2.32. The van der Waals surface area contributed by atoms with Gasteiger partial charge in [-0.25, -0.2) is 14.6 Å². The lowest BCUT2D eigenvalue weighted by molar-refractivity contribution is 0.0634. The summed E-state index contributed by atoms with van der Waals surface area (Å²) in [5.74, 6) is -1.07. The number of nitrogens with one attached hydrogen (secondary N) is 1. The fourth-order valence-electron chi connectivity index (χ4n) is 2.03.